The second-order valence-electron chi connectivity index (χ2n) is 6.41. The maximum absolute atomic E-state index is 14.1. The van der Waals surface area contributed by atoms with Crippen molar-refractivity contribution in [1.82, 2.24) is 4.98 Å². The number of Topliss-reactive ketones (excluding diaryl/α,β-unsaturated/α-hetero) is 1. The first kappa shape index (κ1) is 23.2. The summed E-state index contributed by atoms with van der Waals surface area (Å²) in [6, 6.07) is 5.97. The van der Waals surface area contributed by atoms with E-state index >= 15 is 0 Å². The molecule has 0 atom stereocenters. The molecule has 0 fully saturated rings. The summed E-state index contributed by atoms with van der Waals surface area (Å²) in [5.74, 6) is -11.6. The first-order valence-corrected chi connectivity index (χ1v) is 9.76. The number of nitrogens with zero attached hydrogens (tertiary/aromatic N) is 1. The lowest BCUT2D eigenvalue weighted by Crippen LogP contribution is -2.14. The Bertz CT molecular complexity index is 1130. The monoisotopic (exact) mass is 551 g/mol. The molecular weight excluding hydrogens is 539 g/mol. The number of rotatable bonds is 7. The van der Waals surface area contributed by atoms with Crippen molar-refractivity contribution in [3.8, 4) is 0 Å². The highest BCUT2D eigenvalue weighted by molar-refractivity contribution is 14.1. The van der Waals surface area contributed by atoms with Gasteiger partial charge in [0.25, 0.3) is 0 Å². The molecule has 3 rings (SSSR count). The lowest BCUT2D eigenvalue weighted by molar-refractivity contribution is 0.0710. The van der Waals surface area contributed by atoms with Gasteiger partial charge in [0.1, 0.15) is 12.4 Å². The number of pyridine rings is 1. The molecule has 0 saturated heterocycles. The normalized spacial score (nSPS) is 11.1. The van der Waals surface area contributed by atoms with Gasteiger partial charge < -0.3 is 4.74 Å². The maximum Gasteiger partial charge on any atom is 0.200 e. The third kappa shape index (κ3) is 5.06. The summed E-state index contributed by atoms with van der Waals surface area (Å²) in [5.41, 5.74) is -0.345. The van der Waals surface area contributed by atoms with Gasteiger partial charge in [-0.25, -0.2) is 26.3 Å². The molecule has 0 saturated carbocycles. The quantitative estimate of drug-likeness (QED) is 0.128. The highest BCUT2D eigenvalue weighted by Gasteiger charge is 2.26. The van der Waals surface area contributed by atoms with Gasteiger partial charge in [-0.1, -0.05) is 6.07 Å². The van der Waals surface area contributed by atoms with E-state index in [0.29, 0.717) is 14.7 Å². The zero-order valence-corrected chi connectivity index (χ0v) is 17.7. The van der Waals surface area contributed by atoms with Gasteiger partial charge in [-0.05, 0) is 51.9 Å². The van der Waals surface area contributed by atoms with E-state index in [4.69, 9.17) is 4.74 Å². The Balaban J connectivity index is 1.74. The topological polar surface area (TPSA) is 39.2 Å². The number of benzene rings is 2. The molecule has 0 aliphatic rings. The molecule has 31 heavy (non-hydrogen) atoms. The third-order valence-corrected chi connectivity index (χ3v) is 5.05. The fourth-order valence-corrected chi connectivity index (χ4v) is 3.26. The Hall–Kier alpha value is -2.47. The van der Waals surface area contributed by atoms with Crippen molar-refractivity contribution in [2.45, 2.75) is 13.0 Å². The SMILES string of the molecule is O=C(COCc1c(F)c(F)c(F)c(F)c1F)c1ccncc1Cc1ccc(I)cc1F. The number of hydrogen-bond donors (Lipinski definition) is 0. The number of hydrogen-bond acceptors (Lipinski definition) is 3. The number of aromatic nitrogens is 1. The number of ketones is 1. The van der Waals surface area contributed by atoms with Crippen molar-refractivity contribution in [1.29, 1.82) is 0 Å². The van der Waals surface area contributed by atoms with Gasteiger partial charge in [-0.2, -0.15) is 0 Å². The van der Waals surface area contributed by atoms with E-state index in [1.807, 2.05) is 22.6 Å². The molecule has 0 unspecified atom stereocenters. The van der Waals surface area contributed by atoms with Crippen LogP contribution in [0.2, 0.25) is 0 Å². The van der Waals surface area contributed by atoms with Crippen LogP contribution in [0.15, 0.2) is 36.7 Å². The molecule has 0 radical (unpaired) electrons. The minimum absolute atomic E-state index is 0.0509. The Labute approximate surface area is 186 Å². The molecule has 0 N–H and O–H groups in total. The van der Waals surface area contributed by atoms with E-state index in [9.17, 15) is 31.1 Å². The molecule has 0 aliphatic carbocycles. The fourth-order valence-electron chi connectivity index (χ4n) is 2.81. The predicted octanol–water partition coefficient (Wildman–Crippen LogP) is 5.51. The summed E-state index contributed by atoms with van der Waals surface area (Å²) in [5, 5.41) is 0. The van der Waals surface area contributed by atoms with E-state index in [2.05, 4.69) is 4.98 Å². The van der Waals surface area contributed by atoms with Crippen LogP contribution in [-0.2, 0) is 17.8 Å². The molecule has 3 nitrogen and oxygen atoms in total. The Morgan fingerprint density at radius 3 is 2.19 bits per heavy atom. The van der Waals surface area contributed by atoms with Crippen LogP contribution in [-0.4, -0.2) is 17.4 Å². The minimum atomic E-state index is -2.28. The summed E-state index contributed by atoms with van der Waals surface area (Å²) in [7, 11) is 0. The molecule has 0 spiro atoms. The molecule has 1 aromatic heterocycles. The van der Waals surface area contributed by atoms with Gasteiger partial charge in [0.05, 0.1) is 12.2 Å². The van der Waals surface area contributed by atoms with Crippen LogP contribution >= 0.6 is 22.6 Å². The van der Waals surface area contributed by atoms with Gasteiger partial charge in [0.15, 0.2) is 29.1 Å². The molecule has 10 heteroatoms. The van der Waals surface area contributed by atoms with Gasteiger partial charge in [-0.15, -0.1) is 0 Å². The van der Waals surface area contributed by atoms with Crippen molar-refractivity contribution >= 4 is 28.4 Å². The summed E-state index contributed by atoms with van der Waals surface area (Å²) < 4.78 is 86.7. The summed E-state index contributed by atoms with van der Waals surface area (Å²) >= 11 is 1.96. The van der Waals surface area contributed by atoms with Crippen molar-refractivity contribution in [2.24, 2.45) is 0 Å². The second kappa shape index (κ2) is 9.77. The highest BCUT2D eigenvalue weighted by Crippen LogP contribution is 2.24. The van der Waals surface area contributed by atoms with E-state index in [1.54, 1.807) is 12.1 Å². The summed E-state index contributed by atoms with van der Waals surface area (Å²) in [6.07, 6.45) is 2.75. The third-order valence-electron chi connectivity index (χ3n) is 4.38. The van der Waals surface area contributed by atoms with Crippen molar-refractivity contribution in [3.05, 3.63) is 97.4 Å². The van der Waals surface area contributed by atoms with E-state index in [-0.39, 0.29) is 12.0 Å². The van der Waals surface area contributed by atoms with Crippen LogP contribution in [0.5, 0.6) is 0 Å². The van der Waals surface area contributed by atoms with Crippen molar-refractivity contribution in [3.63, 3.8) is 0 Å². The van der Waals surface area contributed by atoms with Crippen LogP contribution < -0.4 is 0 Å². The molecule has 162 valence electrons. The van der Waals surface area contributed by atoms with Crippen LogP contribution in [0.25, 0.3) is 0 Å². The Kier molecular flexibility index (Phi) is 7.31. The zero-order valence-electron chi connectivity index (χ0n) is 15.5. The lowest BCUT2D eigenvalue weighted by atomic mass is 9.99. The van der Waals surface area contributed by atoms with Crippen molar-refractivity contribution < 1.29 is 35.9 Å². The fraction of sp³-hybridized carbons (Fsp3) is 0.143. The number of ether oxygens (including phenoxy) is 1. The predicted molar refractivity (Wildman–Crippen MR) is 106 cm³/mol. The van der Waals surface area contributed by atoms with Gasteiger partial charge in [0.2, 0.25) is 5.82 Å². The second-order valence-corrected chi connectivity index (χ2v) is 7.66. The average Bonchev–Trinajstić information content (AvgIpc) is 2.75. The zero-order chi connectivity index (χ0) is 22.7. The van der Waals surface area contributed by atoms with Gasteiger partial charge in [0, 0.05) is 27.9 Å². The van der Waals surface area contributed by atoms with Crippen LogP contribution in [0, 0.1) is 38.5 Å². The summed E-state index contributed by atoms with van der Waals surface area (Å²) in [6.45, 7) is -1.71. The minimum Gasteiger partial charge on any atom is -0.368 e. The molecular formula is C21H12F6INO2. The average molecular weight is 551 g/mol. The lowest BCUT2D eigenvalue weighted by Gasteiger charge is -2.11. The van der Waals surface area contributed by atoms with Crippen LogP contribution in [0.4, 0.5) is 26.3 Å². The highest BCUT2D eigenvalue weighted by atomic mass is 127. The Morgan fingerprint density at radius 1 is 0.903 bits per heavy atom. The molecule has 1 heterocycles. The van der Waals surface area contributed by atoms with Crippen LogP contribution in [0.1, 0.15) is 27.0 Å². The smallest absolute Gasteiger partial charge is 0.200 e. The van der Waals surface area contributed by atoms with Gasteiger partial charge >= 0.3 is 0 Å². The number of carbonyl (C=O) groups is 1. The van der Waals surface area contributed by atoms with Crippen molar-refractivity contribution in [2.75, 3.05) is 6.61 Å². The molecule has 3 aromatic rings. The molecule has 0 bridgehead atoms. The van der Waals surface area contributed by atoms with Gasteiger partial charge in [-0.3, -0.25) is 9.78 Å². The Morgan fingerprint density at radius 2 is 1.55 bits per heavy atom. The molecule has 0 aliphatic heterocycles. The molecule has 2 aromatic carbocycles. The summed E-state index contributed by atoms with van der Waals surface area (Å²) in [4.78, 5) is 16.4. The molecule has 0 amide bonds. The number of carbonyl (C=O) groups excluding carboxylic acids is 1. The first-order valence-electron chi connectivity index (χ1n) is 8.68. The number of halogens is 7. The van der Waals surface area contributed by atoms with E-state index in [0.717, 1.165) is 0 Å². The first-order chi connectivity index (χ1) is 14.7. The van der Waals surface area contributed by atoms with E-state index < -0.39 is 59.5 Å². The van der Waals surface area contributed by atoms with Crippen LogP contribution in [0.3, 0.4) is 0 Å². The largest absolute Gasteiger partial charge is 0.368 e. The van der Waals surface area contributed by atoms with E-state index in [1.165, 1.54) is 24.5 Å². The maximum atomic E-state index is 14.1. The standard InChI is InChI=1S/C21H12F6INO2/c22-15-6-12(28)2-1-10(15)5-11-7-29-4-3-13(11)16(30)9-31-8-14-17(23)19(25)21(27)20(26)18(14)24/h1-4,6-7H,5,8-9H2.